The molecule has 2 rings (SSSR count). The van der Waals surface area contributed by atoms with Crippen LogP contribution >= 0.6 is 0 Å². The van der Waals surface area contributed by atoms with E-state index in [1.807, 2.05) is 12.1 Å². The van der Waals surface area contributed by atoms with Crippen LogP contribution < -0.4 is 15.2 Å². The molecule has 1 saturated heterocycles. The van der Waals surface area contributed by atoms with Crippen molar-refractivity contribution in [3.05, 3.63) is 23.8 Å². The summed E-state index contributed by atoms with van der Waals surface area (Å²) >= 11 is 0. The van der Waals surface area contributed by atoms with Crippen molar-refractivity contribution in [1.82, 2.24) is 4.90 Å². The summed E-state index contributed by atoms with van der Waals surface area (Å²) < 4.78 is 11.0. The standard InChI is InChI=1S/C17H28N2O2/c1-12-8-9-19(13(2)10-12)15(11-18)14-6-5-7-16(20-3)17(14)21-4/h5-7,12-13,15H,8-11,18H2,1-4H3. The highest BCUT2D eigenvalue weighted by Crippen LogP contribution is 2.39. The number of benzene rings is 1. The Morgan fingerprint density at radius 3 is 2.62 bits per heavy atom. The van der Waals surface area contributed by atoms with Gasteiger partial charge in [0, 0.05) is 18.2 Å². The van der Waals surface area contributed by atoms with Gasteiger partial charge < -0.3 is 15.2 Å². The molecular formula is C17H28N2O2. The summed E-state index contributed by atoms with van der Waals surface area (Å²) in [6.45, 7) is 6.30. The van der Waals surface area contributed by atoms with Crippen LogP contribution in [-0.4, -0.2) is 38.3 Å². The molecule has 3 atom stereocenters. The number of nitrogens with two attached hydrogens (primary N) is 1. The van der Waals surface area contributed by atoms with Crippen molar-refractivity contribution in [2.24, 2.45) is 11.7 Å². The van der Waals surface area contributed by atoms with Gasteiger partial charge in [-0.3, -0.25) is 4.90 Å². The fourth-order valence-electron chi connectivity index (χ4n) is 3.50. The molecule has 0 radical (unpaired) electrons. The van der Waals surface area contributed by atoms with Crippen LogP contribution in [0.5, 0.6) is 11.5 Å². The van der Waals surface area contributed by atoms with E-state index in [2.05, 4.69) is 24.8 Å². The third-order valence-corrected chi connectivity index (χ3v) is 4.61. The number of ether oxygens (including phenoxy) is 2. The summed E-state index contributed by atoms with van der Waals surface area (Å²) in [7, 11) is 3.36. The first-order valence-corrected chi connectivity index (χ1v) is 7.79. The van der Waals surface area contributed by atoms with Crippen molar-refractivity contribution in [3.8, 4) is 11.5 Å². The number of rotatable bonds is 5. The molecule has 21 heavy (non-hydrogen) atoms. The van der Waals surface area contributed by atoms with Crippen LogP contribution in [0.25, 0.3) is 0 Å². The molecule has 2 N–H and O–H groups in total. The zero-order valence-electron chi connectivity index (χ0n) is 13.6. The number of nitrogens with zero attached hydrogens (tertiary/aromatic N) is 1. The van der Waals surface area contributed by atoms with Crippen LogP contribution in [0.2, 0.25) is 0 Å². The second-order valence-electron chi connectivity index (χ2n) is 6.05. The molecular weight excluding hydrogens is 264 g/mol. The Morgan fingerprint density at radius 2 is 2.05 bits per heavy atom. The van der Waals surface area contributed by atoms with Crippen LogP contribution in [0, 0.1) is 5.92 Å². The fraction of sp³-hybridized carbons (Fsp3) is 0.647. The average molecular weight is 292 g/mol. The van der Waals surface area contributed by atoms with E-state index in [4.69, 9.17) is 15.2 Å². The van der Waals surface area contributed by atoms with Crippen molar-refractivity contribution in [2.75, 3.05) is 27.3 Å². The van der Waals surface area contributed by atoms with Crippen molar-refractivity contribution < 1.29 is 9.47 Å². The van der Waals surface area contributed by atoms with Crippen LogP contribution in [0.1, 0.15) is 38.3 Å². The average Bonchev–Trinajstić information content (AvgIpc) is 2.49. The third-order valence-electron chi connectivity index (χ3n) is 4.61. The molecule has 3 unspecified atom stereocenters. The minimum atomic E-state index is 0.178. The van der Waals surface area contributed by atoms with Crippen molar-refractivity contribution in [1.29, 1.82) is 0 Å². The van der Waals surface area contributed by atoms with Crippen molar-refractivity contribution in [2.45, 2.75) is 38.8 Å². The lowest BCUT2D eigenvalue weighted by atomic mass is 9.90. The van der Waals surface area contributed by atoms with E-state index >= 15 is 0 Å². The summed E-state index contributed by atoms with van der Waals surface area (Å²) in [5.41, 5.74) is 7.24. The zero-order chi connectivity index (χ0) is 15.4. The topological polar surface area (TPSA) is 47.7 Å². The maximum absolute atomic E-state index is 6.11. The molecule has 1 fully saturated rings. The van der Waals surface area contributed by atoms with Crippen LogP contribution in [0.15, 0.2) is 18.2 Å². The van der Waals surface area contributed by atoms with Gasteiger partial charge in [0.05, 0.1) is 20.3 Å². The first kappa shape index (κ1) is 16.1. The Bertz CT molecular complexity index is 464. The Labute approximate surface area is 128 Å². The van der Waals surface area contributed by atoms with E-state index in [0.29, 0.717) is 12.6 Å². The molecule has 1 aromatic carbocycles. The van der Waals surface area contributed by atoms with Crippen LogP contribution in [0.4, 0.5) is 0 Å². The van der Waals surface area contributed by atoms with Gasteiger partial charge in [0.1, 0.15) is 0 Å². The summed E-state index contributed by atoms with van der Waals surface area (Å²) in [4.78, 5) is 2.51. The Kier molecular flexibility index (Phi) is 5.48. The number of methoxy groups -OCH3 is 2. The van der Waals surface area contributed by atoms with E-state index in [9.17, 15) is 0 Å². The molecule has 0 saturated carbocycles. The molecule has 1 aliphatic rings. The first-order chi connectivity index (χ1) is 10.1. The molecule has 4 heteroatoms. The molecule has 0 amide bonds. The molecule has 118 valence electrons. The molecule has 0 aliphatic carbocycles. The lowest BCUT2D eigenvalue weighted by molar-refractivity contribution is 0.0833. The maximum Gasteiger partial charge on any atom is 0.165 e. The van der Waals surface area contributed by atoms with E-state index in [-0.39, 0.29) is 6.04 Å². The normalized spacial score (nSPS) is 24.6. The van der Waals surface area contributed by atoms with Gasteiger partial charge in [0.15, 0.2) is 11.5 Å². The first-order valence-electron chi connectivity index (χ1n) is 7.79. The lowest BCUT2D eigenvalue weighted by Gasteiger charge is -2.42. The molecule has 4 nitrogen and oxygen atoms in total. The number of hydrogen-bond acceptors (Lipinski definition) is 4. The lowest BCUT2D eigenvalue weighted by Crippen LogP contribution is -2.45. The number of para-hydroxylation sites is 1. The number of hydrogen-bond donors (Lipinski definition) is 1. The highest BCUT2D eigenvalue weighted by Gasteiger charge is 2.31. The van der Waals surface area contributed by atoms with Crippen LogP contribution in [-0.2, 0) is 0 Å². The summed E-state index contributed by atoms with van der Waals surface area (Å²) in [6.07, 6.45) is 2.45. The largest absolute Gasteiger partial charge is 0.493 e. The van der Waals surface area contributed by atoms with Gasteiger partial charge >= 0.3 is 0 Å². The quantitative estimate of drug-likeness (QED) is 0.906. The third kappa shape index (κ3) is 3.33. The summed E-state index contributed by atoms with van der Waals surface area (Å²) in [5.74, 6) is 2.37. The molecule has 0 aromatic heterocycles. The Morgan fingerprint density at radius 1 is 1.29 bits per heavy atom. The van der Waals surface area contributed by atoms with Gasteiger partial charge in [-0.2, -0.15) is 0 Å². The minimum absolute atomic E-state index is 0.178. The molecule has 1 aromatic rings. The summed E-state index contributed by atoms with van der Waals surface area (Å²) in [6, 6.07) is 6.76. The monoisotopic (exact) mass is 292 g/mol. The minimum Gasteiger partial charge on any atom is -0.493 e. The fourth-order valence-corrected chi connectivity index (χ4v) is 3.50. The number of likely N-dealkylation sites (tertiary alicyclic amines) is 1. The Hall–Kier alpha value is -1.26. The van der Waals surface area contributed by atoms with Gasteiger partial charge in [0.2, 0.25) is 0 Å². The van der Waals surface area contributed by atoms with E-state index in [1.165, 1.54) is 12.8 Å². The van der Waals surface area contributed by atoms with Gasteiger partial charge in [0.25, 0.3) is 0 Å². The maximum atomic E-state index is 6.11. The molecule has 0 bridgehead atoms. The van der Waals surface area contributed by atoms with Crippen molar-refractivity contribution in [3.63, 3.8) is 0 Å². The summed E-state index contributed by atoms with van der Waals surface area (Å²) in [5, 5.41) is 0. The van der Waals surface area contributed by atoms with E-state index in [1.54, 1.807) is 14.2 Å². The molecule has 0 spiro atoms. The molecule has 1 aliphatic heterocycles. The SMILES string of the molecule is COc1cccc(C(CN)N2CCC(C)CC2C)c1OC. The highest BCUT2D eigenvalue weighted by atomic mass is 16.5. The van der Waals surface area contributed by atoms with Gasteiger partial charge in [-0.15, -0.1) is 0 Å². The molecule has 1 heterocycles. The van der Waals surface area contributed by atoms with Gasteiger partial charge in [-0.1, -0.05) is 19.1 Å². The van der Waals surface area contributed by atoms with E-state index < -0.39 is 0 Å². The second-order valence-corrected chi connectivity index (χ2v) is 6.05. The number of piperidine rings is 1. The smallest absolute Gasteiger partial charge is 0.165 e. The highest BCUT2D eigenvalue weighted by molar-refractivity contribution is 5.48. The predicted molar refractivity (Wildman–Crippen MR) is 85.9 cm³/mol. The second kappa shape index (κ2) is 7.14. The van der Waals surface area contributed by atoms with E-state index in [0.717, 1.165) is 29.5 Å². The Balaban J connectivity index is 2.33. The zero-order valence-corrected chi connectivity index (χ0v) is 13.6. The van der Waals surface area contributed by atoms with Crippen LogP contribution in [0.3, 0.4) is 0 Å². The van der Waals surface area contributed by atoms with Crippen molar-refractivity contribution >= 4 is 0 Å². The predicted octanol–water partition coefficient (Wildman–Crippen LogP) is 2.82. The van der Waals surface area contributed by atoms with Gasteiger partial charge in [-0.25, -0.2) is 0 Å². The van der Waals surface area contributed by atoms with Gasteiger partial charge in [-0.05, 0) is 38.3 Å².